The van der Waals surface area contributed by atoms with Crippen LogP contribution in [0.15, 0.2) is 23.5 Å². The summed E-state index contributed by atoms with van der Waals surface area (Å²) >= 11 is 2.66. The molecule has 3 N–H and O–H groups in total. The molecule has 7 nitrogen and oxygen atoms in total. The van der Waals surface area contributed by atoms with E-state index in [9.17, 15) is 4.39 Å². The number of aromatic nitrogens is 4. The van der Waals surface area contributed by atoms with Gasteiger partial charge in [0.15, 0.2) is 15.9 Å². The molecule has 0 saturated carbocycles. The van der Waals surface area contributed by atoms with Crippen molar-refractivity contribution in [3.8, 4) is 0 Å². The predicted octanol–water partition coefficient (Wildman–Crippen LogP) is 4.01. The average molecular weight is 398 g/mol. The van der Waals surface area contributed by atoms with Crippen LogP contribution in [-0.2, 0) is 4.52 Å². The van der Waals surface area contributed by atoms with Crippen LogP contribution in [0.3, 0.4) is 0 Å². The van der Waals surface area contributed by atoms with E-state index in [2.05, 4.69) is 25.0 Å². The summed E-state index contributed by atoms with van der Waals surface area (Å²) in [7, 11) is 0.118. The Balaban J connectivity index is 1.81. The van der Waals surface area contributed by atoms with Crippen molar-refractivity contribution in [2.75, 3.05) is 17.4 Å². The van der Waals surface area contributed by atoms with E-state index in [-0.39, 0.29) is 20.0 Å². The Morgan fingerprint density at radius 3 is 3.04 bits per heavy atom. The number of nitrogens with one attached hydrogen (secondary N) is 1. The maximum atomic E-state index is 13.9. The van der Waals surface area contributed by atoms with Crippen molar-refractivity contribution in [2.45, 2.75) is 24.3 Å². The number of thiazole rings is 1. The molecule has 3 aromatic rings. The molecule has 11 heteroatoms. The zero-order valence-corrected chi connectivity index (χ0v) is 16.1. The van der Waals surface area contributed by atoms with Gasteiger partial charge in [0, 0.05) is 12.8 Å². The summed E-state index contributed by atoms with van der Waals surface area (Å²) < 4.78 is 19.8. The Morgan fingerprint density at radius 2 is 2.28 bits per heavy atom. The summed E-state index contributed by atoms with van der Waals surface area (Å²) in [5.41, 5.74) is 6.90. The number of nitrogens with two attached hydrogens (primary N) is 1. The Kier molecular flexibility index (Phi) is 5.95. The highest BCUT2D eigenvalue weighted by Gasteiger charge is 2.17. The Labute approximate surface area is 153 Å². The molecular weight excluding hydrogens is 382 g/mol. The fourth-order valence-corrected chi connectivity index (χ4v) is 4.23. The molecule has 3 aromatic heterocycles. The minimum Gasteiger partial charge on any atom is -0.382 e. The van der Waals surface area contributed by atoms with E-state index in [1.54, 1.807) is 12.3 Å². The molecule has 0 aliphatic heterocycles. The highest BCUT2D eigenvalue weighted by atomic mass is 32.2. The summed E-state index contributed by atoms with van der Waals surface area (Å²) in [5, 5.41) is 3.93. The minimum absolute atomic E-state index is 0.118. The number of pyridine rings is 1. The number of hydrogen-bond donors (Lipinski definition) is 2. The molecule has 0 saturated heterocycles. The van der Waals surface area contributed by atoms with Crippen molar-refractivity contribution in [1.82, 2.24) is 19.9 Å². The van der Waals surface area contributed by atoms with Crippen LogP contribution in [0.1, 0.15) is 24.8 Å². The average Bonchev–Trinajstić information content (AvgIpc) is 2.99. The number of halogens is 1. The van der Waals surface area contributed by atoms with Gasteiger partial charge in [0.2, 0.25) is 0 Å². The number of nitrogens with zero attached hydrogens (tertiary/aromatic N) is 4. The van der Waals surface area contributed by atoms with Gasteiger partial charge in [-0.15, -0.1) is 0 Å². The number of anilines is 2. The van der Waals surface area contributed by atoms with Gasteiger partial charge in [-0.2, -0.15) is 4.98 Å². The van der Waals surface area contributed by atoms with Gasteiger partial charge in [-0.3, -0.25) is 4.98 Å². The lowest BCUT2D eigenvalue weighted by molar-refractivity contribution is 0.392. The lowest BCUT2D eigenvalue weighted by atomic mass is 10.3. The van der Waals surface area contributed by atoms with Gasteiger partial charge in [-0.05, 0) is 26.0 Å². The van der Waals surface area contributed by atoms with Crippen LogP contribution in [0.25, 0.3) is 10.3 Å². The molecular formula is C14H16FN6OPS2. The summed E-state index contributed by atoms with van der Waals surface area (Å²) in [4.78, 5) is 17.2. The van der Waals surface area contributed by atoms with Gasteiger partial charge < -0.3 is 15.3 Å². The number of fused-ring (bicyclic) bond motifs is 1. The Hall–Kier alpha value is -1.61. The first kappa shape index (κ1) is 18.2. The lowest BCUT2D eigenvalue weighted by Crippen LogP contribution is -2.00. The molecule has 0 spiro atoms. The first-order valence-electron chi connectivity index (χ1n) is 7.42. The maximum Gasteiger partial charge on any atom is 0.192 e. The highest BCUT2D eigenvalue weighted by Crippen LogP contribution is 2.36. The molecule has 0 amide bonds. The van der Waals surface area contributed by atoms with Gasteiger partial charge in [0.25, 0.3) is 0 Å². The number of rotatable bonds is 7. The van der Waals surface area contributed by atoms with Crippen LogP contribution in [0.2, 0.25) is 0 Å². The molecule has 0 aromatic carbocycles. The summed E-state index contributed by atoms with van der Waals surface area (Å²) in [5.74, 6) is 0.0000893. The van der Waals surface area contributed by atoms with E-state index in [4.69, 9.17) is 10.3 Å². The monoisotopic (exact) mass is 398 g/mol. The molecule has 0 aliphatic carbocycles. The van der Waals surface area contributed by atoms with Crippen molar-refractivity contribution >= 4 is 53.4 Å². The van der Waals surface area contributed by atoms with E-state index in [0.29, 0.717) is 38.8 Å². The smallest absolute Gasteiger partial charge is 0.192 e. The largest absolute Gasteiger partial charge is 0.382 e. The third kappa shape index (κ3) is 4.33. The van der Waals surface area contributed by atoms with E-state index in [0.717, 1.165) is 0 Å². The molecule has 25 heavy (non-hydrogen) atoms. The van der Waals surface area contributed by atoms with Crippen LogP contribution in [0.4, 0.5) is 15.3 Å². The molecule has 2 unspecified atom stereocenters. The topological polar surface area (TPSA) is 98.8 Å². The number of hydrogen-bond acceptors (Lipinski definition) is 9. The fraction of sp³-hybridized carbons (Fsp3) is 0.286. The molecule has 0 aliphatic rings. The quantitative estimate of drug-likeness (QED) is 0.267. The second kappa shape index (κ2) is 8.18. The van der Waals surface area contributed by atoms with E-state index in [1.165, 1.54) is 29.2 Å². The number of nitrogen functional groups attached to an aromatic ring is 1. The molecule has 132 valence electrons. The number of thioether (sulfide) groups is 1. The first-order chi connectivity index (χ1) is 12.1. The standard InChI is InChI=1S/C14H16FN6OPS2/c1-3-22-23-21-14-20-12-10(25-14)11(16)18-13(19-12)24-7(2)9-8(15)5-4-6-17-9/h4-7,23H,3H2,1-2H3,(H3,16,18,19,20,21). The van der Waals surface area contributed by atoms with Gasteiger partial charge in [-0.1, -0.05) is 23.1 Å². The molecule has 0 radical (unpaired) electrons. The van der Waals surface area contributed by atoms with Gasteiger partial charge >= 0.3 is 0 Å². The van der Waals surface area contributed by atoms with Crippen LogP contribution >= 0.6 is 32.1 Å². The minimum atomic E-state index is -0.353. The van der Waals surface area contributed by atoms with Crippen molar-refractivity contribution in [3.05, 3.63) is 29.8 Å². The second-order valence-electron chi connectivity index (χ2n) is 4.85. The zero-order chi connectivity index (χ0) is 17.8. The van der Waals surface area contributed by atoms with Crippen LogP contribution in [0.5, 0.6) is 0 Å². The lowest BCUT2D eigenvalue weighted by Gasteiger charge is -2.10. The molecule has 0 bridgehead atoms. The third-order valence-electron chi connectivity index (χ3n) is 3.09. The van der Waals surface area contributed by atoms with E-state index in [1.807, 2.05) is 13.8 Å². The van der Waals surface area contributed by atoms with Crippen molar-refractivity contribution in [3.63, 3.8) is 0 Å². The van der Waals surface area contributed by atoms with Gasteiger partial charge in [-0.25, -0.2) is 14.4 Å². The first-order valence-corrected chi connectivity index (χ1v) is 10.0. The zero-order valence-electron chi connectivity index (χ0n) is 13.5. The fourth-order valence-electron chi connectivity index (χ4n) is 1.99. The summed E-state index contributed by atoms with van der Waals surface area (Å²) in [6, 6.07) is 2.94. The predicted molar refractivity (Wildman–Crippen MR) is 102 cm³/mol. The van der Waals surface area contributed by atoms with Crippen LogP contribution < -0.4 is 10.8 Å². The van der Waals surface area contributed by atoms with Crippen LogP contribution in [-0.4, -0.2) is 26.5 Å². The van der Waals surface area contributed by atoms with Crippen molar-refractivity contribution in [2.24, 2.45) is 0 Å². The highest BCUT2D eigenvalue weighted by molar-refractivity contribution is 7.99. The van der Waals surface area contributed by atoms with Crippen molar-refractivity contribution in [1.29, 1.82) is 0 Å². The summed E-state index contributed by atoms with van der Waals surface area (Å²) in [6.07, 6.45) is 1.56. The normalized spacial score (nSPS) is 12.9. The molecule has 3 heterocycles. The summed E-state index contributed by atoms with van der Waals surface area (Å²) in [6.45, 7) is 4.39. The molecule has 3 rings (SSSR count). The Bertz CT molecular complexity index is 880. The van der Waals surface area contributed by atoms with Gasteiger partial charge in [0.05, 0.1) is 10.9 Å². The third-order valence-corrected chi connectivity index (χ3v) is 5.99. The SMILES string of the molecule is CCOPNc1nc2nc(SC(C)c3ncccc3F)nc(N)c2s1. The van der Waals surface area contributed by atoms with E-state index >= 15 is 0 Å². The second-order valence-corrected chi connectivity index (χ2v) is 7.90. The van der Waals surface area contributed by atoms with E-state index < -0.39 is 0 Å². The molecule has 0 fully saturated rings. The maximum absolute atomic E-state index is 13.9. The Morgan fingerprint density at radius 1 is 1.44 bits per heavy atom. The van der Waals surface area contributed by atoms with Crippen LogP contribution in [0, 0.1) is 5.82 Å². The molecule has 2 atom stereocenters. The van der Waals surface area contributed by atoms with Crippen molar-refractivity contribution < 1.29 is 8.91 Å². The van der Waals surface area contributed by atoms with Gasteiger partial charge in [0.1, 0.15) is 25.3 Å².